The first-order valence-electron chi connectivity index (χ1n) is 8.29. The maximum absolute atomic E-state index is 12.3. The average molecular weight is 352 g/mol. The Morgan fingerprint density at radius 2 is 1.88 bits per heavy atom. The van der Waals surface area contributed by atoms with Crippen molar-refractivity contribution in [1.82, 2.24) is 9.88 Å². The number of rotatable bonds is 7. The molecule has 1 aromatic heterocycles. The molecule has 0 fully saturated rings. The number of hydrogen-bond acceptors (Lipinski definition) is 3. The largest absolute Gasteiger partial charge is 0.496 e. The lowest BCUT2D eigenvalue weighted by atomic mass is 10.1. The van der Waals surface area contributed by atoms with Gasteiger partial charge >= 0.3 is 5.97 Å². The van der Waals surface area contributed by atoms with Gasteiger partial charge in [0.2, 0.25) is 5.91 Å². The Bertz CT molecular complexity index is 918. The summed E-state index contributed by atoms with van der Waals surface area (Å²) in [5.41, 5.74) is 1.51. The molecule has 3 aromatic rings. The minimum Gasteiger partial charge on any atom is -0.496 e. The second-order valence-corrected chi connectivity index (χ2v) is 5.90. The number of amides is 1. The summed E-state index contributed by atoms with van der Waals surface area (Å²) in [4.78, 5) is 23.8. The fourth-order valence-corrected chi connectivity index (χ4v) is 2.96. The molecule has 6 nitrogen and oxygen atoms in total. The highest BCUT2D eigenvalue weighted by Crippen LogP contribution is 2.26. The normalized spacial score (nSPS) is 11.9. The van der Waals surface area contributed by atoms with E-state index in [1.807, 2.05) is 35.0 Å². The number of hydrogen-bond donors (Lipinski definition) is 2. The maximum atomic E-state index is 12.3. The van der Waals surface area contributed by atoms with Crippen molar-refractivity contribution in [2.75, 3.05) is 7.11 Å². The number of methoxy groups -OCH3 is 1. The molecular formula is C20H20N2O4. The molecule has 134 valence electrons. The number of aryl methyl sites for hydroxylation is 1. The van der Waals surface area contributed by atoms with E-state index < -0.39 is 12.0 Å². The van der Waals surface area contributed by atoms with Crippen molar-refractivity contribution in [3.8, 4) is 5.75 Å². The number of carbonyl (C=O) groups is 2. The Hall–Kier alpha value is -3.28. The van der Waals surface area contributed by atoms with Crippen molar-refractivity contribution in [2.24, 2.45) is 0 Å². The van der Waals surface area contributed by atoms with Gasteiger partial charge in [0, 0.05) is 24.5 Å². The van der Waals surface area contributed by atoms with Gasteiger partial charge in [-0.05, 0) is 23.8 Å². The number of nitrogens with zero attached hydrogens (tertiary/aromatic N) is 1. The van der Waals surface area contributed by atoms with Crippen LogP contribution in [0.2, 0.25) is 0 Å². The summed E-state index contributed by atoms with van der Waals surface area (Å²) in [6, 6.07) is 15.3. The molecule has 6 heteroatoms. The van der Waals surface area contributed by atoms with Gasteiger partial charge in [0.15, 0.2) is 6.04 Å². The third-order valence-corrected chi connectivity index (χ3v) is 4.26. The van der Waals surface area contributed by atoms with Crippen molar-refractivity contribution in [2.45, 2.75) is 19.0 Å². The first-order chi connectivity index (χ1) is 12.6. The Kier molecular flexibility index (Phi) is 5.22. The molecule has 0 aliphatic rings. The average Bonchev–Trinajstić information content (AvgIpc) is 3.08. The van der Waals surface area contributed by atoms with E-state index in [9.17, 15) is 14.7 Å². The Morgan fingerprint density at radius 3 is 2.58 bits per heavy atom. The zero-order chi connectivity index (χ0) is 18.5. The summed E-state index contributed by atoms with van der Waals surface area (Å²) in [7, 11) is 1.62. The number of ether oxygens (including phenoxy) is 1. The molecule has 3 rings (SSSR count). The fraction of sp³-hybridized carbons (Fsp3) is 0.200. The zero-order valence-corrected chi connectivity index (χ0v) is 14.4. The third kappa shape index (κ3) is 3.69. The van der Waals surface area contributed by atoms with Crippen molar-refractivity contribution < 1.29 is 19.4 Å². The maximum Gasteiger partial charge on any atom is 0.330 e. The summed E-state index contributed by atoms with van der Waals surface area (Å²) in [6.45, 7) is 0.448. The highest BCUT2D eigenvalue weighted by atomic mass is 16.5. The van der Waals surface area contributed by atoms with Crippen molar-refractivity contribution in [3.63, 3.8) is 0 Å². The van der Waals surface area contributed by atoms with Crippen LogP contribution in [0.5, 0.6) is 5.75 Å². The van der Waals surface area contributed by atoms with Crippen LogP contribution in [-0.2, 0) is 16.1 Å². The molecule has 2 N–H and O–H groups in total. The number of carboxylic acids is 1. The van der Waals surface area contributed by atoms with E-state index in [-0.39, 0.29) is 12.3 Å². The quantitative estimate of drug-likeness (QED) is 0.685. The topological polar surface area (TPSA) is 80.6 Å². The summed E-state index contributed by atoms with van der Waals surface area (Å²) in [5.74, 6) is -0.618. The number of carbonyl (C=O) groups excluding carboxylic acids is 1. The molecule has 1 amide bonds. The van der Waals surface area contributed by atoms with E-state index in [1.165, 1.54) is 0 Å². The molecule has 0 unspecified atom stereocenters. The van der Waals surface area contributed by atoms with Gasteiger partial charge in [-0.15, -0.1) is 0 Å². The molecule has 0 bridgehead atoms. The summed E-state index contributed by atoms with van der Waals surface area (Å²) >= 11 is 0. The van der Waals surface area contributed by atoms with Crippen LogP contribution < -0.4 is 10.1 Å². The molecule has 2 aromatic carbocycles. The molecule has 1 heterocycles. The number of aliphatic carboxylic acids is 1. The van der Waals surface area contributed by atoms with Gasteiger partial charge < -0.3 is 19.7 Å². The van der Waals surface area contributed by atoms with Gasteiger partial charge in [-0.3, -0.25) is 4.79 Å². The van der Waals surface area contributed by atoms with E-state index in [0.717, 1.165) is 16.7 Å². The van der Waals surface area contributed by atoms with Crippen molar-refractivity contribution in [3.05, 3.63) is 66.4 Å². The number of aromatic nitrogens is 1. The number of benzene rings is 2. The van der Waals surface area contributed by atoms with Gasteiger partial charge in [-0.2, -0.15) is 0 Å². The molecule has 1 atom stereocenters. The molecule has 0 saturated heterocycles. The summed E-state index contributed by atoms with van der Waals surface area (Å²) < 4.78 is 7.29. The zero-order valence-electron chi connectivity index (χ0n) is 14.4. The van der Waals surface area contributed by atoms with Gasteiger partial charge in [0.1, 0.15) is 5.75 Å². The fourth-order valence-electron chi connectivity index (χ4n) is 2.96. The van der Waals surface area contributed by atoms with Crippen LogP contribution in [0.4, 0.5) is 0 Å². The van der Waals surface area contributed by atoms with Crippen LogP contribution in [-0.4, -0.2) is 28.7 Å². The second kappa shape index (κ2) is 7.74. The van der Waals surface area contributed by atoms with E-state index in [1.54, 1.807) is 37.4 Å². The number of carboxylic acid groups (broad SMARTS) is 1. The minimum atomic E-state index is -1.08. The number of nitrogens with one attached hydrogen (secondary N) is 1. The number of fused-ring (bicyclic) bond motifs is 1. The highest BCUT2D eigenvalue weighted by molar-refractivity contribution is 5.87. The van der Waals surface area contributed by atoms with Crippen LogP contribution in [0, 0.1) is 0 Å². The van der Waals surface area contributed by atoms with Crippen LogP contribution in [0.1, 0.15) is 18.0 Å². The standard InChI is InChI=1S/C20H20N2O4/c1-26-17-9-5-8-16-15(17)10-12-22(16)13-11-18(23)21-19(20(24)25)14-6-3-2-4-7-14/h2-10,12,19H,11,13H2,1H3,(H,21,23)(H,24,25)/t19-/m1/s1. The van der Waals surface area contributed by atoms with Crippen molar-refractivity contribution in [1.29, 1.82) is 0 Å². The molecule has 0 aliphatic heterocycles. The molecular weight excluding hydrogens is 332 g/mol. The lowest BCUT2D eigenvalue weighted by Gasteiger charge is -2.15. The van der Waals surface area contributed by atoms with Gasteiger partial charge in [-0.1, -0.05) is 36.4 Å². The smallest absolute Gasteiger partial charge is 0.330 e. The van der Waals surface area contributed by atoms with E-state index in [4.69, 9.17) is 4.74 Å². The summed E-state index contributed by atoms with van der Waals surface area (Å²) in [5, 5.41) is 13.0. The van der Waals surface area contributed by atoms with Crippen LogP contribution in [0.15, 0.2) is 60.8 Å². The monoisotopic (exact) mass is 352 g/mol. The van der Waals surface area contributed by atoms with E-state index in [0.29, 0.717) is 12.1 Å². The lowest BCUT2D eigenvalue weighted by Crippen LogP contribution is -2.34. The Morgan fingerprint density at radius 1 is 1.12 bits per heavy atom. The predicted octanol–water partition coefficient (Wildman–Crippen LogP) is 2.98. The minimum absolute atomic E-state index is 0.178. The van der Waals surface area contributed by atoms with Crippen LogP contribution in [0.25, 0.3) is 10.9 Å². The molecule has 0 saturated carbocycles. The highest BCUT2D eigenvalue weighted by Gasteiger charge is 2.21. The first-order valence-corrected chi connectivity index (χ1v) is 8.29. The van der Waals surface area contributed by atoms with Crippen LogP contribution >= 0.6 is 0 Å². The van der Waals surface area contributed by atoms with Crippen molar-refractivity contribution >= 4 is 22.8 Å². The third-order valence-electron chi connectivity index (χ3n) is 4.26. The van der Waals surface area contributed by atoms with Gasteiger partial charge in [0.05, 0.1) is 12.6 Å². The van der Waals surface area contributed by atoms with Crippen LogP contribution in [0.3, 0.4) is 0 Å². The lowest BCUT2D eigenvalue weighted by molar-refractivity contribution is -0.142. The first kappa shape index (κ1) is 17.5. The molecule has 0 radical (unpaired) electrons. The van der Waals surface area contributed by atoms with E-state index >= 15 is 0 Å². The van der Waals surface area contributed by atoms with E-state index in [2.05, 4.69) is 5.32 Å². The SMILES string of the molecule is COc1cccc2c1ccn2CCC(=O)N[C@@H](C(=O)O)c1ccccc1. The Labute approximate surface area is 151 Å². The molecule has 26 heavy (non-hydrogen) atoms. The Balaban J connectivity index is 1.68. The summed E-state index contributed by atoms with van der Waals surface area (Å²) in [6.07, 6.45) is 2.07. The predicted molar refractivity (Wildman–Crippen MR) is 98.1 cm³/mol. The molecule has 0 aliphatic carbocycles. The molecule has 0 spiro atoms. The van der Waals surface area contributed by atoms with Gasteiger partial charge in [0.25, 0.3) is 0 Å². The second-order valence-electron chi connectivity index (χ2n) is 5.90. The van der Waals surface area contributed by atoms with Gasteiger partial charge in [-0.25, -0.2) is 4.79 Å².